The Kier molecular flexibility index (Phi) is 1.27. The Hall–Kier alpha value is -0.710. The first-order valence-electron chi connectivity index (χ1n) is 1.34. The summed E-state index contributed by atoms with van der Waals surface area (Å²) in [5, 5.41) is 7.29. The number of alkyl halides is 2. The summed E-state index contributed by atoms with van der Waals surface area (Å²) in [7, 11) is 0. The van der Waals surface area contributed by atoms with Crippen LogP contribution in [0.15, 0.2) is 0 Å². The second-order valence-electron chi connectivity index (χ2n) is 0.905. The first kappa shape index (κ1) is 6.29. The van der Waals surface area contributed by atoms with Gasteiger partial charge in [0.2, 0.25) is 0 Å². The molecule has 0 aliphatic heterocycles. The summed E-state index contributed by atoms with van der Waals surface area (Å²) >= 11 is 0. The summed E-state index contributed by atoms with van der Waals surface area (Å²) in [5.74, 6) is -2.03. The molecule has 0 atom stereocenters. The van der Waals surface area contributed by atoms with Crippen LogP contribution in [-0.2, 0) is 4.79 Å². The molecule has 1 amide bonds. The van der Waals surface area contributed by atoms with Crippen LogP contribution < -0.4 is 5.73 Å². The van der Waals surface area contributed by atoms with Crippen molar-refractivity contribution < 1.29 is 18.7 Å². The van der Waals surface area contributed by atoms with E-state index in [0.29, 0.717) is 0 Å². The number of carbonyl (C=O) groups excluding carboxylic acids is 1. The molecule has 0 radical (unpaired) electrons. The lowest BCUT2D eigenvalue weighted by Gasteiger charge is -1.98. The van der Waals surface area contributed by atoms with Crippen LogP contribution in [0.25, 0.3) is 0 Å². The van der Waals surface area contributed by atoms with E-state index in [-0.39, 0.29) is 0 Å². The van der Waals surface area contributed by atoms with Gasteiger partial charge in [-0.2, -0.15) is 8.78 Å². The molecule has 0 heterocycles. The fraction of sp³-hybridized carbons (Fsp3) is 0.500. The van der Waals surface area contributed by atoms with Gasteiger partial charge in [0.05, 0.1) is 0 Å². The lowest BCUT2D eigenvalue weighted by molar-refractivity contribution is -0.201. The third-order valence-corrected chi connectivity index (χ3v) is 0.296. The predicted octanol–water partition coefficient (Wildman–Crippen LogP) is -0.943. The molecule has 7 heavy (non-hydrogen) atoms. The average molecular weight is 111 g/mol. The van der Waals surface area contributed by atoms with Crippen LogP contribution in [0.1, 0.15) is 0 Å². The van der Waals surface area contributed by atoms with Gasteiger partial charge in [0, 0.05) is 0 Å². The standard InChI is InChI=1S/C2H3F2NO2/c3-2(4,7)1(5)6/h7H,(H2,5,6). The summed E-state index contributed by atoms with van der Waals surface area (Å²) in [4.78, 5) is 9.24. The van der Waals surface area contributed by atoms with E-state index in [9.17, 15) is 13.6 Å². The van der Waals surface area contributed by atoms with Gasteiger partial charge in [-0.05, 0) is 0 Å². The van der Waals surface area contributed by atoms with Crippen LogP contribution in [0.3, 0.4) is 0 Å². The molecule has 0 aliphatic carbocycles. The molecule has 0 saturated carbocycles. The number of carbonyl (C=O) groups is 1. The van der Waals surface area contributed by atoms with Gasteiger partial charge >= 0.3 is 12.0 Å². The quantitative estimate of drug-likeness (QED) is 0.458. The summed E-state index contributed by atoms with van der Waals surface area (Å²) in [6.45, 7) is 0. The predicted molar refractivity (Wildman–Crippen MR) is 16.4 cm³/mol. The molecule has 0 saturated heterocycles. The Balaban J connectivity index is 3.79. The van der Waals surface area contributed by atoms with Crippen molar-refractivity contribution in [3.05, 3.63) is 0 Å². The van der Waals surface area contributed by atoms with Crippen molar-refractivity contribution in [2.45, 2.75) is 6.11 Å². The Morgan fingerprint density at radius 3 is 1.86 bits per heavy atom. The minimum atomic E-state index is -4.36. The number of hydrogen-bond acceptors (Lipinski definition) is 2. The van der Waals surface area contributed by atoms with Crippen LogP contribution in [0.5, 0.6) is 0 Å². The molecule has 0 aromatic heterocycles. The fourth-order valence-electron chi connectivity index (χ4n) is 0. The Bertz CT molecular complexity index is 86.2. The number of amides is 1. The van der Waals surface area contributed by atoms with Gasteiger partial charge in [-0.1, -0.05) is 0 Å². The van der Waals surface area contributed by atoms with Crippen LogP contribution in [0.2, 0.25) is 0 Å². The first-order valence-corrected chi connectivity index (χ1v) is 1.34. The maximum Gasteiger partial charge on any atom is 0.433 e. The van der Waals surface area contributed by atoms with Crippen molar-refractivity contribution in [1.29, 1.82) is 0 Å². The molecular formula is C2H3F2NO2. The zero-order valence-corrected chi connectivity index (χ0v) is 3.19. The maximum absolute atomic E-state index is 10.9. The molecule has 0 aromatic carbocycles. The molecule has 42 valence electrons. The van der Waals surface area contributed by atoms with E-state index in [0.717, 1.165) is 0 Å². The minimum absolute atomic E-state index is 2.03. The van der Waals surface area contributed by atoms with Gasteiger partial charge in [0.1, 0.15) is 0 Å². The number of aliphatic hydroxyl groups is 1. The summed E-state index contributed by atoms with van der Waals surface area (Å²) < 4.78 is 21.9. The van der Waals surface area contributed by atoms with Crippen molar-refractivity contribution in [3.8, 4) is 0 Å². The minimum Gasteiger partial charge on any atom is -0.362 e. The summed E-state index contributed by atoms with van der Waals surface area (Å²) in [5.41, 5.74) is 3.93. The van der Waals surface area contributed by atoms with E-state index in [1.807, 2.05) is 0 Å². The third kappa shape index (κ3) is 2.05. The van der Waals surface area contributed by atoms with Crippen LogP contribution in [0, 0.1) is 0 Å². The SMILES string of the molecule is NC(=O)C(O)(F)F. The molecule has 0 rings (SSSR count). The van der Waals surface area contributed by atoms with E-state index in [2.05, 4.69) is 5.73 Å². The molecule has 0 bridgehead atoms. The Morgan fingerprint density at radius 2 is 1.86 bits per heavy atom. The topological polar surface area (TPSA) is 63.3 Å². The Morgan fingerprint density at radius 1 is 1.71 bits per heavy atom. The summed E-state index contributed by atoms with van der Waals surface area (Å²) in [6, 6.07) is 0. The zero-order chi connectivity index (χ0) is 6.08. The van der Waals surface area contributed by atoms with Gasteiger partial charge in [0.15, 0.2) is 0 Å². The van der Waals surface area contributed by atoms with Crippen molar-refractivity contribution in [2.24, 2.45) is 5.73 Å². The molecule has 0 spiro atoms. The highest BCUT2D eigenvalue weighted by atomic mass is 19.3. The van der Waals surface area contributed by atoms with Crippen LogP contribution in [-0.4, -0.2) is 17.1 Å². The van der Waals surface area contributed by atoms with Gasteiger partial charge < -0.3 is 10.8 Å². The molecule has 5 heteroatoms. The fourth-order valence-corrected chi connectivity index (χ4v) is 0. The molecule has 0 aromatic rings. The summed E-state index contributed by atoms with van der Waals surface area (Å²) in [6.07, 6.45) is -4.36. The maximum atomic E-state index is 10.9. The normalized spacial score (nSPS) is 11.3. The van der Waals surface area contributed by atoms with Gasteiger partial charge in [0.25, 0.3) is 0 Å². The molecular weight excluding hydrogens is 108 g/mol. The molecule has 3 N–H and O–H groups in total. The number of halogens is 2. The molecule has 0 fully saturated rings. The molecule has 0 aliphatic rings. The second-order valence-corrected chi connectivity index (χ2v) is 0.905. The van der Waals surface area contributed by atoms with E-state index < -0.39 is 12.0 Å². The van der Waals surface area contributed by atoms with E-state index in [4.69, 9.17) is 5.11 Å². The van der Waals surface area contributed by atoms with Crippen LogP contribution >= 0.6 is 0 Å². The second kappa shape index (κ2) is 1.42. The van der Waals surface area contributed by atoms with E-state index in [1.165, 1.54) is 0 Å². The van der Waals surface area contributed by atoms with Gasteiger partial charge in [-0.15, -0.1) is 0 Å². The number of hydrogen-bond donors (Lipinski definition) is 2. The molecule has 3 nitrogen and oxygen atoms in total. The third-order valence-electron chi connectivity index (χ3n) is 0.296. The number of nitrogens with two attached hydrogens (primary N) is 1. The van der Waals surface area contributed by atoms with Crippen LogP contribution in [0.4, 0.5) is 8.78 Å². The highest BCUT2D eigenvalue weighted by Gasteiger charge is 2.32. The van der Waals surface area contributed by atoms with Crippen molar-refractivity contribution in [2.75, 3.05) is 0 Å². The smallest absolute Gasteiger partial charge is 0.362 e. The van der Waals surface area contributed by atoms with Gasteiger partial charge in [-0.25, -0.2) is 0 Å². The van der Waals surface area contributed by atoms with E-state index in [1.54, 1.807) is 0 Å². The van der Waals surface area contributed by atoms with Crippen molar-refractivity contribution in [1.82, 2.24) is 0 Å². The highest BCUT2D eigenvalue weighted by Crippen LogP contribution is 2.04. The zero-order valence-electron chi connectivity index (χ0n) is 3.19. The average Bonchev–Trinajstić information content (AvgIpc) is 1.31. The van der Waals surface area contributed by atoms with Gasteiger partial charge in [-0.3, -0.25) is 4.79 Å². The van der Waals surface area contributed by atoms with E-state index >= 15 is 0 Å². The van der Waals surface area contributed by atoms with Crippen molar-refractivity contribution >= 4 is 5.91 Å². The number of primary amides is 1. The lowest BCUT2D eigenvalue weighted by atomic mass is 10.6. The highest BCUT2D eigenvalue weighted by molar-refractivity contribution is 5.79. The first-order chi connectivity index (χ1) is 2.94. The Labute approximate surface area is 37.7 Å². The number of rotatable bonds is 1. The monoisotopic (exact) mass is 111 g/mol. The lowest BCUT2D eigenvalue weighted by Crippen LogP contribution is -2.34. The largest absolute Gasteiger partial charge is 0.433 e. The molecule has 0 unspecified atom stereocenters. The van der Waals surface area contributed by atoms with Crippen molar-refractivity contribution in [3.63, 3.8) is 0 Å².